The molecule has 0 fully saturated rings. The van der Waals surface area contributed by atoms with Crippen LogP contribution in [0.5, 0.6) is 0 Å². The first-order valence-corrected chi connectivity index (χ1v) is 13.7. The highest BCUT2D eigenvalue weighted by Gasteiger charge is 2.20. The molecule has 2 aromatic heterocycles. The number of amides is 1. The fourth-order valence-electron chi connectivity index (χ4n) is 4.29. The van der Waals surface area contributed by atoms with Gasteiger partial charge < -0.3 is 15.2 Å². The number of anilines is 1. The molecule has 1 aliphatic rings. The van der Waals surface area contributed by atoms with E-state index in [0.717, 1.165) is 49.0 Å². The molecule has 0 spiro atoms. The lowest BCUT2D eigenvalue weighted by Gasteiger charge is -2.23. The maximum Gasteiger partial charge on any atom is 0.259 e. The molecule has 0 radical (unpaired) electrons. The smallest absolute Gasteiger partial charge is 0.259 e. The average molecular weight is 485 g/mol. The number of rotatable bonds is 10. The van der Waals surface area contributed by atoms with Crippen LogP contribution in [0.4, 0.5) is 5.69 Å². The molecule has 1 atom stereocenters. The number of aryl methyl sites for hydroxylation is 2. The third-order valence-corrected chi connectivity index (χ3v) is 8.46. The SMILES string of the molecule is CCN(CCCNC(=O)[C@@H](C)SCc1nc2sc3c(c2c(=O)[nH]1)CCCC3)c1ccccc1. The quantitative estimate of drug-likeness (QED) is 0.414. The molecule has 176 valence electrons. The summed E-state index contributed by atoms with van der Waals surface area (Å²) in [6.07, 6.45) is 5.26. The Morgan fingerprint density at radius 2 is 2.06 bits per heavy atom. The van der Waals surface area contributed by atoms with Crippen LogP contribution in [0.25, 0.3) is 10.2 Å². The number of hydrogen-bond acceptors (Lipinski definition) is 6. The second kappa shape index (κ2) is 11.2. The number of carbonyl (C=O) groups is 1. The second-order valence-corrected chi connectivity index (χ2v) is 10.8. The number of H-pyrrole nitrogens is 1. The van der Waals surface area contributed by atoms with Gasteiger partial charge in [0.2, 0.25) is 5.91 Å². The van der Waals surface area contributed by atoms with Gasteiger partial charge in [-0.3, -0.25) is 9.59 Å². The van der Waals surface area contributed by atoms with Crippen molar-refractivity contribution in [2.24, 2.45) is 0 Å². The van der Waals surface area contributed by atoms with Gasteiger partial charge in [0.1, 0.15) is 10.7 Å². The number of thiophene rings is 1. The highest BCUT2D eigenvalue weighted by atomic mass is 32.2. The molecule has 1 amide bonds. The van der Waals surface area contributed by atoms with Gasteiger partial charge in [-0.15, -0.1) is 23.1 Å². The summed E-state index contributed by atoms with van der Waals surface area (Å²) in [4.78, 5) is 37.3. The molecule has 4 rings (SSSR count). The summed E-state index contributed by atoms with van der Waals surface area (Å²) in [7, 11) is 0. The summed E-state index contributed by atoms with van der Waals surface area (Å²) >= 11 is 3.17. The molecule has 0 saturated heterocycles. The number of benzene rings is 1. The minimum Gasteiger partial charge on any atom is -0.372 e. The van der Waals surface area contributed by atoms with Crippen LogP contribution < -0.4 is 15.8 Å². The zero-order valence-electron chi connectivity index (χ0n) is 19.4. The van der Waals surface area contributed by atoms with Gasteiger partial charge in [-0.2, -0.15) is 0 Å². The summed E-state index contributed by atoms with van der Waals surface area (Å²) < 4.78 is 0. The fourth-order valence-corrected chi connectivity index (χ4v) is 6.35. The van der Waals surface area contributed by atoms with Crippen LogP contribution in [-0.4, -0.2) is 40.8 Å². The van der Waals surface area contributed by atoms with Crippen molar-refractivity contribution in [3.63, 3.8) is 0 Å². The number of carbonyl (C=O) groups excluding carboxylic acids is 1. The van der Waals surface area contributed by atoms with Gasteiger partial charge in [0.25, 0.3) is 5.56 Å². The summed E-state index contributed by atoms with van der Waals surface area (Å²) in [5.41, 5.74) is 2.38. The topological polar surface area (TPSA) is 78.1 Å². The first-order valence-electron chi connectivity index (χ1n) is 11.8. The van der Waals surface area contributed by atoms with Crippen molar-refractivity contribution in [3.8, 4) is 0 Å². The van der Waals surface area contributed by atoms with E-state index in [0.29, 0.717) is 18.1 Å². The number of thioether (sulfide) groups is 1. The summed E-state index contributed by atoms with van der Waals surface area (Å²) in [6.45, 7) is 6.54. The number of aromatic amines is 1. The monoisotopic (exact) mass is 484 g/mol. The molecule has 1 aliphatic carbocycles. The predicted octanol–water partition coefficient (Wildman–Crippen LogP) is 4.52. The summed E-state index contributed by atoms with van der Waals surface area (Å²) in [6, 6.07) is 10.3. The van der Waals surface area contributed by atoms with E-state index in [-0.39, 0.29) is 16.7 Å². The van der Waals surface area contributed by atoms with Gasteiger partial charge >= 0.3 is 0 Å². The fraction of sp³-hybridized carbons (Fsp3) is 0.480. The predicted molar refractivity (Wildman–Crippen MR) is 140 cm³/mol. The van der Waals surface area contributed by atoms with Gasteiger partial charge in [0, 0.05) is 30.2 Å². The lowest BCUT2D eigenvalue weighted by Crippen LogP contribution is -2.34. The molecule has 33 heavy (non-hydrogen) atoms. The van der Waals surface area contributed by atoms with Gasteiger partial charge in [-0.25, -0.2) is 4.98 Å². The molecule has 0 unspecified atom stereocenters. The van der Waals surface area contributed by atoms with E-state index in [1.165, 1.54) is 34.3 Å². The normalized spacial score (nSPS) is 14.1. The Balaban J connectivity index is 1.25. The number of aromatic nitrogens is 2. The molecular weight excluding hydrogens is 452 g/mol. The Bertz CT molecular complexity index is 1140. The van der Waals surface area contributed by atoms with Crippen molar-refractivity contribution >= 4 is 44.9 Å². The first-order chi connectivity index (χ1) is 16.1. The Kier molecular flexibility index (Phi) is 8.09. The maximum atomic E-state index is 12.7. The van der Waals surface area contributed by atoms with E-state index in [1.54, 1.807) is 11.3 Å². The van der Waals surface area contributed by atoms with Gasteiger partial charge in [-0.1, -0.05) is 18.2 Å². The largest absolute Gasteiger partial charge is 0.372 e. The van der Waals surface area contributed by atoms with Crippen LogP contribution in [0.1, 0.15) is 49.4 Å². The van der Waals surface area contributed by atoms with E-state index < -0.39 is 0 Å². The van der Waals surface area contributed by atoms with Crippen LogP contribution in [-0.2, 0) is 23.4 Å². The van der Waals surface area contributed by atoms with Crippen LogP contribution in [0.2, 0.25) is 0 Å². The van der Waals surface area contributed by atoms with Gasteiger partial charge in [-0.05, 0) is 63.6 Å². The van der Waals surface area contributed by atoms with Crippen molar-refractivity contribution < 1.29 is 4.79 Å². The molecule has 2 heterocycles. The number of hydrogen-bond donors (Lipinski definition) is 2. The molecule has 1 aromatic carbocycles. The Morgan fingerprint density at radius 3 is 2.85 bits per heavy atom. The van der Waals surface area contributed by atoms with Crippen molar-refractivity contribution in [1.82, 2.24) is 15.3 Å². The van der Waals surface area contributed by atoms with E-state index >= 15 is 0 Å². The van der Waals surface area contributed by atoms with Crippen molar-refractivity contribution in [1.29, 1.82) is 0 Å². The summed E-state index contributed by atoms with van der Waals surface area (Å²) in [5.74, 6) is 1.19. The standard InChI is InChI=1S/C25H32N4O2S2/c1-3-29(18-10-5-4-6-11-18)15-9-14-26-23(30)17(2)32-16-21-27-24(31)22-19-12-7-8-13-20(19)33-25(22)28-21/h4-6,10-11,17H,3,7-9,12-16H2,1-2H3,(H,26,30)(H,27,28,31)/t17-/m1/s1. The molecule has 8 heteroatoms. The van der Waals surface area contributed by atoms with Crippen LogP contribution in [0.15, 0.2) is 35.1 Å². The zero-order valence-corrected chi connectivity index (χ0v) is 21.0. The third-order valence-electron chi connectivity index (χ3n) is 6.12. The van der Waals surface area contributed by atoms with E-state index in [9.17, 15) is 9.59 Å². The van der Waals surface area contributed by atoms with E-state index in [4.69, 9.17) is 4.98 Å². The average Bonchev–Trinajstić information content (AvgIpc) is 3.22. The number of nitrogens with one attached hydrogen (secondary N) is 2. The molecule has 0 aliphatic heterocycles. The molecule has 6 nitrogen and oxygen atoms in total. The first kappa shape index (κ1) is 23.8. The third kappa shape index (κ3) is 5.79. The Hall–Kier alpha value is -2.32. The van der Waals surface area contributed by atoms with Crippen molar-refractivity contribution in [2.75, 3.05) is 24.5 Å². The Labute approximate surface area is 203 Å². The van der Waals surface area contributed by atoms with Gasteiger partial charge in [0.05, 0.1) is 16.4 Å². The van der Waals surface area contributed by atoms with Gasteiger partial charge in [0.15, 0.2) is 0 Å². The number of nitrogens with zero attached hydrogens (tertiary/aromatic N) is 2. The van der Waals surface area contributed by atoms with E-state index in [2.05, 4.69) is 34.3 Å². The van der Waals surface area contributed by atoms with Crippen molar-refractivity contribution in [2.45, 2.75) is 57.0 Å². The van der Waals surface area contributed by atoms with Crippen LogP contribution >= 0.6 is 23.1 Å². The second-order valence-electron chi connectivity index (χ2n) is 8.42. The minimum atomic E-state index is -0.209. The lowest BCUT2D eigenvalue weighted by molar-refractivity contribution is -0.120. The minimum absolute atomic E-state index is 0.0257. The highest BCUT2D eigenvalue weighted by Crippen LogP contribution is 2.33. The van der Waals surface area contributed by atoms with Crippen LogP contribution in [0, 0.1) is 0 Å². The van der Waals surface area contributed by atoms with Crippen LogP contribution in [0.3, 0.4) is 0 Å². The molecule has 2 N–H and O–H groups in total. The zero-order chi connectivity index (χ0) is 23.2. The lowest BCUT2D eigenvalue weighted by atomic mass is 9.97. The number of para-hydroxylation sites is 1. The van der Waals surface area contributed by atoms with E-state index in [1.807, 2.05) is 25.1 Å². The molecule has 0 bridgehead atoms. The highest BCUT2D eigenvalue weighted by molar-refractivity contribution is 7.99. The molecular formula is C25H32N4O2S2. The molecule has 3 aromatic rings. The summed E-state index contributed by atoms with van der Waals surface area (Å²) in [5, 5.41) is 3.62. The maximum absolute atomic E-state index is 12.7. The molecule has 0 saturated carbocycles. The Morgan fingerprint density at radius 1 is 1.27 bits per heavy atom. The van der Waals surface area contributed by atoms with Crippen molar-refractivity contribution in [3.05, 3.63) is 57.0 Å². The number of fused-ring (bicyclic) bond motifs is 3.